The number of hydrogen-bond donors (Lipinski definition) is 0. The summed E-state index contributed by atoms with van der Waals surface area (Å²) < 4.78 is 0. The molecule has 0 nitrogen and oxygen atoms in total. The van der Waals surface area contributed by atoms with E-state index in [9.17, 15) is 0 Å². The lowest BCUT2D eigenvalue weighted by molar-refractivity contribution is 0.420. The predicted molar refractivity (Wildman–Crippen MR) is 77.1 cm³/mol. The van der Waals surface area contributed by atoms with Crippen LogP contribution in [0.25, 0.3) is 0 Å². The fourth-order valence-electron chi connectivity index (χ4n) is 2.15. The first-order chi connectivity index (χ1) is 8.36. The van der Waals surface area contributed by atoms with Crippen LogP contribution in [0.5, 0.6) is 0 Å². The molecular weight excluding hydrogens is 204 g/mol. The molecule has 0 spiro atoms. The second kappa shape index (κ2) is 8.81. The SMILES string of the molecule is C=CC1CCCCC1.C=CCc1ccccc1. The standard InChI is InChI=1S/C9H10.C8H14/c1-2-6-9-7-4-3-5-8-9;1-2-8-6-4-3-5-7-8/h2-5,7-8H,1,6H2;2,8H,1,3-7H2. The zero-order chi connectivity index (χ0) is 12.3. The van der Waals surface area contributed by atoms with Crippen molar-refractivity contribution in [3.8, 4) is 0 Å². The molecule has 1 aliphatic carbocycles. The van der Waals surface area contributed by atoms with Gasteiger partial charge in [-0.1, -0.05) is 61.7 Å². The molecule has 0 aromatic heterocycles. The van der Waals surface area contributed by atoms with Gasteiger partial charge in [0.15, 0.2) is 0 Å². The third-order valence-corrected chi connectivity index (χ3v) is 3.21. The van der Waals surface area contributed by atoms with E-state index in [1.165, 1.54) is 37.7 Å². The molecule has 1 saturated carbocycles. The van der Waals surface area contributed by atoms with E-state index in [0.717, 1.165) is 12.3 Å². The summed E-state index contributed by atoms with van der Waals surface area (Å²) in [6, 6.07) is 10.3. The Balaban J connectivity index is 0.000000171. The van der Waals surface area contributed by atoms with Crippen molar-refractivity contribution in [2.75, 3.05) is 0 Å². The average Bonchev–Trinajstić information content (AvgIpc) is 2.42. The highest BCUT2D eigenvalue weighted by Crippen LogP contribution is 2.23. The Morgan fingerprint density at radius 3 is 2.12 bits per heavy atom. The van der Waals surface area contributed by atoms with Gasteiger partial charge in [-0.05, 0) is 30.7 Å². The Kier molecular flexibility index (Phi) is 7.13. The highest BCUT2D eigenvalue weighted by Gasteiger charge is 2.07. The molecule has 1 aliphatic rings. The Morgan fingerprint density at radius 2 is 1.65 bits per heavy atom. The second-order valence-corrected chi connectivity index (χ2v) is 4.61. The molecule has 0 amide bonds. The van der Waals surface area contributed by atoms with Crippen LogP contribution in [-0.4, -0.2) is 0 Å². The van der Waals surface area contributed by atoms with Gasteiger partial charge in [-0.2, -0.15) is 0 Å². The number of hydrogen-bond acceptors (Lipinski definition) is 0. The Morgan fingerprint density at radius 1 is 1.00 bits per heavy atom. The zero-order valence-corrected chi connectivity index (χ0v) is 10.8. The fraction of sp³-hybridized carbons (Fsp3) is 0.412. The van der Waals surface area contributed by atoms with Gasteiger partial charge in [0.2, 0.25) is 0 Å². The van der Waals surface area contributed by atoms with E-state index in [2.05, 4.69) is 31.4 Å². The maximum Gasteiger partial charge on any atom is -0.0100 e. The molecule has 0 saturated heterocycles. The molecule has 1 aromatic rings. The summed E-state index contributed by atoms with van der Waals surface area (Å²) in [6.07, 6.45) is 12.1. The van der Waals surface area contributed by atoms with Gasteiger partial charge in [0.05, 0.1) is 0 Å². The highest BCUT2D eigenvalue weighted by molar-refractivity contribution is 5.16. The van der Waals surface area contributed by atoms with Crippen molar-refractivity contribution in [1.82, 2.24) is 0 Å². The van der Waals surface area contributed by atoms with Crippen LogP contribution in [0.3, 0.4) is 0 Å². The maximum atomic E-state index is 3.78. The van der Waals surface area contributed by atoms with E-state index in [0.29, 0.717) is 0 Å². The minimum atomic E-state index is 0.851. The normalized spacial score (nSPS) is 15.5. The molecule has 0 aliphatic heterocycles. The molecule has 0 bridgehead atoms. The van der Waals surface area contributed by atoms with Crippen molar-refractivity contribution in [2.24, 2.45) is 5.92 Å². The summed E-state index contributed by atoms with van der Waals surface area (Å²) >= 11 is 0. The van der Waals surface area contributed by atoms with Gasteiger partial charge in [0.25, 0.3) is 0 Å². The van der Waals surface area contributed by atoms with Crippen LogP contribution in [-0.2, 0) is 6.42 Å². The number of allylic oxidation sites excluding steroid dienone is 2. The van der Waals surface area contributed by atoms with E-state index in [1.807, 2.05) is 24.3 Å². The summed E-state index contributed by atoms with van der Waals surface area (Å²) in [7, 11) is 0. The van der Waals surface area contributed by atoms with Crippen LogP contribution < -0.4 is 0 Å². The van der Waals surface area contributed by atoms with E-state index in [4.69, 9.17) is 0 Å². The van der Waals surface area contributed by atoms with Crippen LogP contribution in [0.2, 0.25) is 0 Å². The molecule has 1 fully saturated rings. The van der Waals surface area contributed by atoms with Gasteiger partial charge in [-0.25, -0.2) is 0 Å². The molecule has 0 N–H and O–H groups in total. The first kappa shape index (κ1) is 13.8. The van der Waals surface area contributed by atoms with Crippen molar-refractivity contribution in [3.63, 3.8) is 0 Å². The monoisotopic (exact) mass is 228 g/mol. The van der Waals surface area contributed by atoms with Gasteiger partial charge in [0.1, 0.15) is 0 Å². The minimum absolute atomic E-state index is 0.851. The molecule has 0 radical (unpaired) electrons. The molecule has 0 heterocycles. The van der Waals surface area contributed by atoms with Crippen LogP contribution in [0.4, 0.5) is 0 Å². The van der Waals surface area contributed by atoms with Crippen molar-refractivity contribution < 1.29 is 0 Å². The maximum absolute atomic E-state index is 3.78. The van der Waals surface area contributed by atoms with Gasteiger partial charge >= 0.3 is 0 Å². The average molecular weight is 228 g/mol. The number of rotatable bonds is 3. The lowest BCUT2D eigenvalue weighted by Gasteiger charge is -2.16. The fourth-order valence-corrected chi connectivity index (χ4v) is 2.15. The summed E-state index contributed by atoms with van der Waals surface area (Å²) in [6.45, 7) is 7.44. The molecule has 0 heteroatoms. The minimum Gasteiger partial charge on any atom is -0.103 e. The van der Waals surface area contributed by atoms with Crippen molar-refractivity contribution in [1.29, 1.82) is 0 Å². The number of benzene rings is 1. The van der Waals surface area contributed by atoms with Crippen molar-refractivity contribution >= 4 is 0 Å². The third kappa shape index (κ3) is 6.11. The summed E-state index contributed by atoms with van der Waals surface area (Å²) in [5.74, 6) is 0.851. The quantitative estimate of drug-likeness (QED) is 0.626. The predicted octanol–water partition coefficient (Wildman–Crippen LogP) is 5.17. The Bertz CT molecular complexity index is 304. The van der Waals surface area contributed by atoms with E-state index in [1.54, 1.807) is 0 Å². The van der Waals surface area contributed by atoms with E-state index >= 15 is 0 Å². The molecule has 0 atom stereocenters. The molecule has 0 unspecified atom stereocenters. The Labute approximate surface area is 106 Å². The highest BCUT2D eigenvalue weighted by atomic mass is 14.1. The Hall–Kier alpha value is -1.30. The first-order valence-corrected chi connectivity index (χ1v) is 6.64. The van der Waals surface area contributed by atoms with Gasteiger partial charge in [-0.3, -0.25) is 0 Å². The smallest absolute Gasteiger partial charge is 0.0100 e. The summed E-state index contributed by atoms with van der Waals surface area (Å²) in [5, 5.41) is 0. The van der Waals surface area contributed by atoms with E-state index < -0.39 is 0 Å². The first-order valence-electron chi connectivity index (χ1n) is 6.64. The van der Waals surface area contributed by atoms with Crippen LogP contribution in [0.1, 0.15) is 37.7 Å². The van der Waals surface area contributed by atoms with Gasteiger partial charge in [-0.15, -0.1) is 13.2 Å². The summed E-state index contributed by atoms with van der Waals surface area (Å²) in [5.41, 5.74) is 1.33. The van der Waals surface area contributed by atoms with Gasteiger partial charge < -0.3 is 0 Å². The van der Waals surface area contributed by atoms with Crippen LogP contribution in [0, 0.1) is 5.92 Å². The van der Waals surface area contributed by atoms with Gasteiger partial charge in [0, 0.05) is 0 Å². The molecule has 92 valence electrons. The third-order valence-electron chi connectivity index (χ3n) is 3.21. The van der Waals surface area contributed by atoms with E-state index in [-0.39, 0.29) is 0 Å². The summed E-state index contributed by atoms with van der Waals surface area (Å²) in [4.78, 5) is 0. The van der Waals surface area contributed by atoms with Crippen LogP contribution >= 0.6 is 0 Å². The van der Waals surface area contributed by atoms with Crippen molar-refractivity contribution in [3.05, 3.63) is 61.2 Å². The largest absolute Gasteiger partial charge is 0.103 e. The zero-order valence-electron chi connectivity index (χ0n) is 10.8. The lowest BCUT2D eigenvalue weighted by Crippen LogP contribution is -2.01. The molecular formula is C17H24. The van der Waals surface area contributed by atoms with Crippen LogP contribution in [0.15, 0.2) is 55.6 Å². The molecule has 17 heavy (non-hydrogen) atoms. The topological polar surface area (TPSA) is 0 Å². The molecule has 2 rings (SSSR count). The lowest BCUT2D eigenvalue weighted by atomic mass is 9.90. The second-order valence-electron chi connectivity index (χ2n) is 4.61. The molecule has 1 aromatic carbocycles. The van der Waals surface area contributed by atoms with Crippen molar-refractivity contribution in [2.45, 2.75) is 38.5 Å².